The third kappa shape index (κ3) is 13.5. The molecule has 0 spiro atoms. The van der Waals surface area contributed by atoms with E-state index in [0.717, 1.165) is 32.6 Å². The number of benzene rings is 5. The Morgan fingerprint density at radius 3 is 1.60 bits per heavy atom. The summed E-state index contributed by atoms with van der Waals surface area (Å²) in [7, 11) is -9.48. The minimum atomic E-state index is -3.74. The Morgan fingerprint density at radius 2 is 1.06 bits per heavy atom. The lowest BCUT2D eigenvalue weighted by atomic mass is 10.1. The van der Waals surface area contributed by atoms with Gasteiger partial charge in [0.25, 0.3) is 0 Å². The zero-order valence-electron chi connectivity index (χ0n) is 43.0. The summed E-state index contributed by atoms with van der Waals surface area (Å²) < 4.78 is 92.0. The zero-order chi connectivity index (χ0) is 58.5. The Kier molecular flexibility index (Phi) is 17.3. The van der Waals surface area contributed by atoms with Crippen molar-refractivity contribution in [3.05, 3.63) is 196 Å². The third-order valence-electron chi connectivity index (χ3n) is 12.3. The summed E-state index contributed by atoms with van der Waals surface area (Å²) in [6, 6.07) is 30.3. The quantitative estimate of drug-likeness (QED) is 0.0482. The second-order valence-corrected chi connectivity index (χ2v) is 24.5. The first-order valence-corrected chi connectivity index (χ1v) is 30.3. The number of imidazole rings is 3. The van der Waals surface area contributed by atoms with E-state index in [9.17, 15) is 39.9 Å². The van der Waals surface area contributed by atoms with Gasteiger partial charge < -0.3 is 26.2 Å². The van der Waals surface area contributed by atoms with Crippen molar-refractivity contribution in [1.82, 2.24) is 47.8 Å². The smallest absolute Gasteiger partial charge is 0.240 e. The molecular formula is C53H48Br2FN15O8S3. The largest absolute Gasteiger partial charge is 0.508 e. The van der Waals surface area contributed by atoms with Crippen LogP contribution in [0, 0.1) is 12.7 Å². The molecule has 6 aromatic heterocycles. The minimum Gasteiger partial charge on any atom is -0.508 e. The molecule has 23 nitrogen and oxygen atoms in total. The fourth-order valence-electron chi connectivity index (χ4n) is 8.21. The van der Waals surface area contributed by atoms with Crippen molar-refractivity contribution in [2.75, 3.05) is 23.0 Å². The van der Waals surface area contributed by atoms with Gasteiger partial charge in [-0.1, -0.05) is 36.4 Å². The first-order chi connectivity index (χ1) is 39.1. The molecule has 11 rings (SSSR count). The highest BCUT2D eigenvalue weighted by Gasteiger charge is 2.18. The topological polar surface area (TPSA) is 334 Å². The Balaban J connectivity index is 0.000000150. The molecule has 0 aliphatic rings. The highest BCUT2D eigenvalue weighted by Crippen LogP contribution is 2.31. The number of nitrogens with zero attached hydrogens (tertiary/aromatic N) is 9. The van der Waals surface area contributed by atoms with E-state index in [4.69, 9.17) is 10.3 Å². The predicted octanol–water partition coefficient (Wildman–Crippen LogP) is 7.94. The van der Waals surface area contributed by atoms with Gasteiger partial charge in [0, 0.05) is 61.7 Å². The number of nitrogens with two attached hydrogens (primary N) is 2. The normalized spacial score (nSPS) is 11.7. The van der Waals surface area contributed by atoms with Crippen LogP contribution in [0.3, 0.4) is 0 Å². The van der Waals surface area contributed by atoms with Crippen molar-refractivity contribution in [2.45, 2.75) is 41.2 Å². The van der Waals surface area contributed by atoms with Gasteiger partial charge >= 0.3 is 0 Å². The van der Waals surface area contributed by atoms with E-state index in [1.807, 2.05) is 34.1 Å². The molecule has 422 valence electrons. The number of hydrogen-bond acceptors (Lipinski definition) is 17. The lowest BCUT2D eigenvalue weighted by Gasteiger charge is -2.09. The lowest BCUT2D eigenvalue weighted by Crippen LogP contribution is -2.18. The number of phenols is 2. The summed E-state index contributed by atoms with van der Waals surface area (Å²) >= 11 is 6.77. The molecule has 82 heavy (non-hydrogen) atoms. The highest BCUT2D eigenvalue weighted by molar-refractivity contribution is 9.10. The molecule has 6 heterocycles. The Morgan fingerprint density at radius 1 is 0.573 bits per heavy atom. The fourth-order valence-corrected chi connectivity index (χ4v) is 10.7. The van der Waals surface area contributed by atoms with E-state index < -0.39 is 41.6 Å². The summed E-state index contributed by atoms with van der Waals surface area (Å²) in [5.41, 5.74) is 8.28. The van der Waals surface area contributed by atoms with Crippen LogP contribution in [0.25, 0.3) is 39.5 Å². The van der Waals surface area contributed by atoms with Crippen molar-refractivity contribution >= 4 is 96.3 Å². The average molecular weight is 1300 g/mol. The SMILES string of the molecule is CNS(=O)(=O)c1ccc(CNc2nccn3c(-c4ccc(O)cc4)cnc23)cc1.Cc1nc2c(NCc3ccc(S(N)(=O)=O)cc3)nccn2c1-c1ccc(O)c(F)c1.NS(=O)(=O)c1ccc(CNc2nc(Br)cn3c(Br)cnc23)cc1. The number of halogens is 3. The number of aromatic hydroxyl groups is 2. The number of primary sulfonamides is 2. The maximum absolute atomic E-state index is 13.8. The maximum atomic E-state index is 13.8. The van der Waals surface area contributed by atoms with Crippen LogP contribution >= 0.6 is 31.9 Å². The summed E-state index contributed by atoms with van der Waals surface area (Å²) in [4.78, 5) is 26.7. The number of nitrogens with one attached hydrogen (secondary N) is 4. The van der Waals surface area contributed by atoms with Crippen LogP contribution in [0.4, 0.5) is 21.8 Å². The van der Waals surface area contributed by atoms with Crippen LogP contribution in [0.1, 0.15) is 22.4 Å². The molecule has 0 saturated carbocycles. The van der Waals surface area contributed by atoms with Gasteiger partial charge in [-0.25, -0.2) is 74.5 Å². The van der Waals surface area contributed by atoms with E-state index in [0.29, 0.717) is 75.6 Å². The Bertz CT molecular complexity index is 4480. The Hall–Kier alpha value is -8.42. The van der Waals surface area contributed by atoms with E-state index in [1.54, 1.807) is 108 Å². The number of aromatic nitrogens is 9. The Labute approximate surface area is 485 Å². The number of rotatable bonds is 15. The van der Waals surface area contributed by atoms with Crippen molar-refractivity contribution in [1.29, 1.82) is 0 Å². The van der Waals surface area contributed by atoms with Gasteiger partial charge in [-0.2, -0.15) is 0 Å². The third-order valence-corrected chi connectivity index (χ3v) is 16.6. The van der Waals surface area contributed by atoms with Gasteiger partial charge in [-0.3, -0.25) is 13.2 Å². The second-order valence-electron chi connectivity index (χ2n) is 17.8. The maximum Gasteiger partial charge on any atom is 0.240 e. The predicted molar refractivity (Wildman–Crippen MR) is 314 cm³/mol. The monoisotopic (exact) mass is 1300 g/mol. The number of aryl methyl sites for hydroxylation is 1. The molecule has 11 aromatic rings. The lowest BCUT2D eigenvalue weighted by molar-refractivity contribution is 0.432. The molecule has 5 aromatic carbocycles. The second kappa shape index (κ2) is 24.4. The molecule has 10 N–H and O–H groups in total. The van der Waals surface area contributed by atoms with Crippen LogP contribution in [0.5, 0.6) is 11.5 Å². The van der Waals surface area contributed by atoms with Gasteiger partial charge in [0.1, 0.15) is 15.0 Å². The molecule has 0 aliphatic carbocycles. The summed E-state index contributed by atoms with van der Waals surface area (Å²) in [6.45, 7) is 3.12. The molecule has 0 saturated heterocycles. The molecule has 0 unspecified atom stereocenters. The number of hydrogen-bond donors (Lipinski definition) is 8. The van der Waals surface area contributed by atoms with Gasteiger partial charge in [0.2, 0.25) is 30.1 Å². The van der Waals surface area contributed by atoms with Crippen molar-refractivity contribution in [3.63, 3.8) is 0 Å². The molecule has 0 bridgehead atoms. The number of sulfonamides is 3. The van der Waals surface area contributed by atoms with Crippen molar-refractivity contribution < 1.29 is 39.9 Å². The van der Waals surface area contributed by atoms with Gasteiger partial charge in [-0.05, 0) is 141 Å². The van der Waals surface area contributed by atoms with Crippen LogP contribution in [0.15, 0.2) is 183 Å². The fraction of sp³-hybridized carbons (Fsp3) is 0.0943. The molecular weight excluding hydrogens is 1250 g/mol. The van der Waals surface area contributed by atoms with E-state index in [-0.39, 0.29) is 20.4 Å². The van der Waals surface area contributed by atoms with Crippen molar-refractivity contribution in [2.24, 2.45) is 10.3 Å². The molecule has 0 fully saturated rings. The van der Waals surface area contributed by atoms with Gasteiger partial charge in [-0.15, -0.1) is 0 Å². The molecule has 0 radical (unpaired) electrons. The number of anilines is 3. The minimum absolute atomic E-state index is 0.0427. The number of phenolic OH excluding ortho intramolecular Hbond substituents is 2. The summed E-state index contributed by atoms with van der Waals surface area (Å²) in [5, 5.41) is 38.8. The molecule has 29 heteroatoms. The molecule has 0 aliphatic heterocycles. The first-order valence-electron chi connectivity index (χ1n) is 24.2. The standard InChI is InChI=1S/C20H18FN5O3S.C20H19N5O3S.C13H11Br2N5O2S/c1-12-18(14-4-7-17(27)16(21)10-14)26-9-8-23-19(20(26)25-12)24-11-13-2-5-15(6-3-13)30(22,28)29;1-21-29(27,28)17-8-2-14(3-9-17)12-23-19-20-24-13-18(25(20)11-10-22-19)15-4-6-16(26)7-5-15;14-10-7-20-11(15)6-18-13(20)12(19-10)17-5-8-1-3-9(4-2-8)23(16,21)22/h2-10,27H,11H2,1H3,(H,23,24)(H2,22,28,29);2-11,13,21,26H,12H2,1H3,(H,22,23);1-4,6-7H,5H2,(H,17,19)(H2,16,21,22). The van der Waals surface area contributed by atoms with Gasteiger partial charge in [0.15, 0.2) is 46.0 Å². The van der Waals surface area contributed by atoms with Gasteiger partial charge in [0.05, 0.1) is 44.2 Å². The van der Waals surface area contributed by atoms with E-state index in [1.165, 1.54) is 43.4 Å². The van der Waals surface area contributed by atoms with Crippen molar-refractivity contribution in [3.8, 4) is 34.0 Å². The highest BCUT2D eigenvalue weighted by atomic mass is 79.9. The number of fused-ring (bicyclic) bond motifs is 3. The summed E-state index contributed by atoms with van der Waals surface area (Å²) in [6.07, 6.45) is 12.1. The van der Waals surface area contributed by atoms with Crippen LogP contribution in [0.2, 0.25) is 0 Å². The average Bonchev–Trinajstić information content (AvgIpc) is 4.23. The van der Waals surface area contributed by atoms with Crippen LogP contribution < -0.4 is 31.0 Å². The summed E-state index contributed by atoms with van der Waals surface area (Å²) in [5.74, 6) is 0.826. The molecule has 0 atom stereocenters. The van der Waals surface area contributed by atoms with Crippen LogP contribution in [-0.4, -0.2) is 85.6 Å². The molecule has 0 amide bonds. The van der Waals surface area contributed by atoms with E-state index in [2.05, 4.69) is 82.4 Å². The zero-order valence-corrected chi connectivity index (χ0v) is 48.6. The van der Waals surface area contributed by atoms with E-state index >= 15 is 0 Å². The first kappa shape index (κ1) is 58.2. The van der Waals surface area contributed by atoms with Crippen LogP contribution in [-0.2, 0) is 49.7 Å².